The van der Waals surface area contributed by atoms with Crippen molar-refractivity contribution in [2.75, 3.05) is 6.61 Å². The fourth-order valence-corrected chi connectivity index (χ4v) is 3.62. The Kier molecular flexibility index (Phi) is 5.79. The van der Waals surface area contributed by atoms with Gasteiger partial charge in [0.25, 0.3) is 0 Å². The Morgan fingerprint density at radius 3 is 2.50 bits per heavy atom. The first-order valence-electron chi connectivity index (χ1n) is 9.45. The summed E-state index contributed by atoms with van der Waals surface area (Å²) in [4.78, 5) is 11.8. The first kappa shape index (κ1) is 20.4. The SMILES string of the molecule is CCOC(=O)C[C@H](N)c1c(F)c(-c2c(C)ccc(F)c2C)cc(C2CC2)c1F. The summed E-state index contributed by atoms with van der Waals surface area (Å²) in [5.74, 6) is -2.66. The standard InChI is InChI=1S/C22H24F3NO2/c1-4-28-18(27)10-17(26)20-21(24)14(13-6-7-13)9-15(22(20)25)19-11(2)5-8-16(23)12(19)3/h5,8-9,13,17H,4,6-7,10,26H2,1-3H3/t17-/m0/s1. The Morgan fingerprint density at radius 1 is 1.21 bits per heavy atom. The molecule has 3 nitrogen and oxygen atoms in total. The molecule has 0 radical (unpaired) electrons. The highest BCUT2D eigenvalue weighted by Crippen LogP contribution is 2.46. The van der Waals surface area contributed by atoms with Gasteiger partial charge in [-0.3, -0.25) is 4.79 Å². The van der Waals surface area contributed by atoms with Crippen LogP contribution >= 0.6 is 0 Å². The van der Waals surface area contributed by atoms with E-state index in [0.29, 0.717) is 16.7 Å². The number of ether oxygens (including phenoxy) is 1. The molecule has 6 heteroatoms. The Balaban J connectivity index is 2.19. The topological polar surface area (TPSA) is 52.3 Å². The minimum absolute atomic E-state index is 0.0120. The van der Waals surface area contributed by atoms with E-state index in [2.05, 4.69) is 0 Å². The van der Waals surface area contributed by atoms with Gasteiger partial charge in [-0.25, -0.2) is 13.2 Å². The second-order valence-electron chi connectivity index (χ2n) is 7.31. The fraction of sp³-hybridized carbons (Fsp3) is 0.409. The first-order valence-corrected chi connectivity index (χ1v) is 9.45. The van der Waals surface area contributed by atoms with Crippen LogP contribution in [0.2, 0.25) is 0 Å². The predicted octanol–water partition coefficient (Wildman–Crippen LogP) is 5.22. The van der Waals surface area contributed by atoms with Crippen LogP contribution in [0, 0.1) is 31.3 Å². The summed E-state index contributed by atoms with van der Waals surface area (Å²) >= 11 is 0. The molecule has 150 valence electrons. The van der Waals surface area contributed by atoms with Gasteiger partial charge in [-0.15, -0.1) is 0 Å². The number of carbonyl (C=O) groups excluding carboxylic acids is 1. The highest BCUT2D eigenvalue weighted by molar-refractivity contribution is 5.74. The molecule has 3 rings (SSSR count). The summed E-state index contributed by atoms with van der Waals surface area (Å²) in [5, 5.41) is 0. The van der Waals surface area contributed by atoms with Crippen molar-refractivity contribution in [2.24, 2.45) is 5.73 Å². The number of nitrogens with two attached hydrogens (primary N) is 1. The predicted molar refractivity (Wildman–Crippen MR) is 101 cm³/mol. The number of benzene rings is 2. The van der Waals surface area contributed by atoms with Crippen molar-refractivity contribution in [3.05, 3.63) is 57.9 Å². The van der Waals surface area contributed by atoms with E-state index in [1.165, 1.54) is 12.1 Å². The Bertz CT molecular complexity index is 923. The van der Waals surface area contributed by atoms with E-state index in [4.69, 9.17) is 10.5 Å². The lowest BCUT2D eigenvalue weighted by molar-refractivity contribution is -0.143. The fourth-order valence-electron chi connectivity index (χ4n) is 3.62. The molecule has 0 saturated heterocycles. The number of hydrogen-bond acceptors (Lipinski definition) is 3. The van der Waals surface area contributed by atoms with Crippen molar-refractivity contribution in [3.8, 4) is 11.1 Å². The molecule has 1 saturated carbocycles. The summed E-state index contributed by atoms with van der Waals surface area (Å²) in [7, 11) is 0. The van der Waals surface area contributed by atoms with Gasteiger partial charge in [0.05, 0.1) is 13.0 Å². The average Bonchev–Trinajstić information content (AvgIpc) is 3.45. The van der Waals surface area contributed by atoms with Crippen LogP contribution in [0.3, 0.4) is 0 Å². The maximum absolute atomic E-state index is 15.5. The number of aryl methyl sites for hydroxylation is 1. The third-order valence-corrected chi connectivity index (χ3v) is 5.22. The molecule has 1 atom stereocenters. The summed E-state index contributed by atoms with van der Waals surface area (Å²) in [6, 6.07) is 3.17. The molecule has 1 fully saturated rings. The van der Waals surface area contributed by atoms with Gasteiger partial charge in [-0.05, 0) is 73.9 Å². The molecule has 1 aliphatic rings. The van der Waals surface area contributed by atoms with Crippen LogP contribution in [0.15, 0.2) is 18.2 Å². The quantitative estimate of drug-likeness (QED) is 0.687. The molecule has 0 unspecified atom stereocenters. The Morgan fingerprint density at radius 2 is 1.89 bits per heavy atom. The monoisotopic (exact) mass is 391 g/mol. The summed E-state index contributed by atoms with van der Waals surface area (Å²) < 4.78 is 49.6. The molecular formula is C22H24F3NO2. The smallest absolute Gasteiger partial charge is 0.307 e. The van der Waals surface area contributed by atoms with E-state index in [-0.39, 0.29) is 35.6 Å². The molecule has 0 bridgehead atoms. The molecule has 1 aliphatic carbocycles. The third kappa shape index (κ3) is 3.78. The van der Waals surface area contributed by atoms with Crippen molar-refractivity contribution in [1.29, 1.82) is 0 Å². The molecule has 0 heterocycles. The van der Waals surface area contributed by atoms with Gasteiger partial charge in [0, 0.05) is 17.2 Å². The van der Waals surface area contributed by atoms with Crippen molar-refractivity contribution >= 4 is 5.97 Å². The van der Waals surface area contributed by atoms with E-state index in [1.54, 1.807) is 26.8 Å². The van der Waals surface area contributed by atoms with Gasteiger partial charge in [0.15, 0.2) is 0 Å². The molecule has 0 aromatic heterocycles. The Hall–Kier alpha value is -2.34. The molecule has 2 aromatic carbocycles. The van der Waals surface area contributed by atoms with E-state index in [0.717, 1.165) is 12.8 Å². The van der Waals surface area contributed by atoms with E-state index in [1.807, 2.05) is 0 Å². The van der Waals surface area contributed by atoms with Gasteiger partial charge >= 0.3 is 5.97 Å². The summed E-state index contributed by atoms with van der Waals surface area (Å²) in [6.45, 7) is 5.12. The number of halogens is 3. The third-order valence-electron chi connectivity index (χ3n) is 5.22. The van der Waals surface area contributed by atoms with Crippen LogP contribution in [-0.4, -0.2) is 12.6 Å². The minimum atomic E-state index is -1.19. The number of esters is 1. The van der Waals surface area contributed by atoms with Crippen LogP contribution in [0.25, 0.3) is 11.1 Å². The van der Waals surface area contributed by atoms with Crippen molar-refractivity contribution in [2.45, 2.75) is 52.0 Å². The van der Waals surface area contributed by atoms with Crippen LogP contribution in [-0.2, 0) is 9.53 Å². The first-order chi connectivity index (χ1) is 13.3. The van der Waals surface area contributed by atoms with E-state index in [9.17, 15) is 9.18 Å². The van der Waals surface area contributed by atoms with Crippen molar-refractivity contribution < 1.29 is 22.7 Å². The highest BCUT2D eigenvalue weighted by Gasteiger charge is 2.33. The van der Waals surface area contributed by atoms with Gasteiger partial charge in [0.1, 0.15) is 17.5 Å². The van der Waals surface area contributed by atoms with Crippen LogP contribution in [0.4, 0.5) is 13.2 Å². The molecular weight excluding hydrogens is 367 g/mol. The number of hydrogen-bond donors (Lipinski definition) is 1. The molecule has 0 amide bonds. The zero-order valence-corrected chi connectivity index (χ0v) is 16.2. The van der Waals surface area contributed by atoms with Gasteiger partial charge in [-0.2, -0.15) is 0 Å². The van der Waals surface area contributed by atoms with Gasteiger partial charge in [0.2, 0.25) is 0 Å². The van der Waals surface area contributed by atoms with E-state index < -0.39 is 29.5 Å². The van der Waals surface area contributed by atoms with Crippen LogP contribution in [0.1, 0.15) is 60.4 Å². The number of rotatable bonds is 6. The number of carbonyl (C=O) groups is 1. The second-order valence-corrected chi connectivity index (χ2v) is 7.31. The largest absolute Gasteiger partial charge is 0.466 e. The maximum Gasteiger partial charge on any atom is 0.307 e. The Labute approximate surface area is 162 Å². The summed E-state index contributed by atoms with van der Waals surface area (Å²) in [6.07, 6.45) is 1.27. The van der Waals surface area contributed by atoms with E-state index >= 15 is 8.78 Å². The second kappa shape index (κ2) is 7.95. The lowest BCUT2D eigenvalue weighted by Gasteiger charge is -2.20. The summed E-state index contributed by atoms with van der Waals surface area (Å²) in [5.41, 5.74) is 7.52. The lowest BCUT2D eigenvalue weighted by Crippen LogP contribution is -2.21. The van der Waals surface area contributed by atoms with Crippen molar-refractivity contribution in [1.82, 2.24) is 0 Å². The zero-order chi connectivity index (χ0) is 20.6. The molecule has 2 N–H and O–H groups in total. The molecule has 0 spiro atoms. The van der Waals surface area contributed by atoms with Gasteiger partial charge in [-0.1, -0.05) is 6.07 Å². The molecule has 28 heavy (non-hydrogen) atoms. The lowest BCUT2D eigenvalue weighted by atomic mass is 9.88. The maximum atomic E-state index is 15.5. The minimum Gasteiger partial charge on any atom is -0.466 e. The highest BCUT2D eigenvalue weighted by atomic mass is 19.1. The molecule has 0 aliphatic heterocycles. The zero-order valence-electron chi connectivity index (χ0n) is 16.2. The normalized spacial score (nSPS) is 14.8. The van der Waals surface area contributed by atoms with Crippen LogP contribution < -0.4 is 5.73 Å². The molecule has 2 aromatic rings. The van der Waals surface area contributed by atoms with Gasteiger partial charge < -0.3 is 10.5 Å². The average molecular weight is 391 g/mol. The van der Waals surface area contributed by atoms with Crippen molar-refractivity contribution in [3.63, 3.8) is 0 Å². The van der Waals surface area contributed by atoms with Crippen LogP contribution in [0.5, 0.6) is 0 Å².